The Labute approximate surface area is 201 Å². The van der Waals surface area contributed by atoms with Crippen LogP contribution in [0.15, 0.2) is 54.6 Å². The second-order valence-electron chi connectivity index (χ2n) is 11.2. The molecular formula is C29H34N2O3. The van der Waals surface area contributed by atoms with Crippen molar-refractivity contribution in [3.8, 4) is 0 Å². The molecule has 1 heterocycles. The Morgan fingerprint density at radius 3 is 2.21 bits per heavy atom. The van der Waals surface area contributed by atoms with Crippen molar-refractivity contribution in [2.45, 2.75) is 69.4 Å². The van der Waals surface area contributed by atoms with Crippen molar-refractivity contribution < 1.29 is 14.3 Å². The number of ether oxygens (including phenoxy) is 1. The third-order valence-electron chi connectivity index (χ3n) is 8.80. The molecule has 34 heavy (non-hydrogen) atoms. The number of nitrogens with one attached hydrogen (secondary N) is 1. The van der Waals surface area contributed by atoms with Crippen LogP contribution in [-0.2, 0) is 21.6 Å². The fourth-order valence-corrected chi connectivity index (χ4v) is 7.66. The van der Waals surface area contributed by atoms with Crippen LogP contribution < -0.4 is 5.32 Å². The highest BCUT2D eigenvalue weighted by Gasteiger charge is 2.51. The molecule has 5 heteroatoms. The third-order valence-corrected chi connectivity index (χ3v) is 8.80. The molecule has 0 unspecified atom stereocenters. The van der Waals surface area contributed by atoms with Crippen molar-refractivity contribution in [1.82, 2.24) is 4.90 Å². The van der Waals surface area contributed by atoms with Gasteiger partial charge in [-0.05, 0) is 97.8 Å². The quantitative estimate of drug-likeness (QED) is 0.607. The average molecular weight is 459 g/mol. The summed E-state index contributed by atoms with van der Waals surface area (Å²) >= 11 is 0. The molecule has 4 saturated carbocycles. The van der Waals surface area contributed by atoms with Crippen LogP contribution in [0.2, 0.25) is 0 Å². The predicted octanol–water partition coefficient (Wildman–Crippen LogP) is 5.89. The lowest BCUT2D eigenvalue weighted by Gasteiger charge is -2.57. The van der Waals surface area contributed by atoms with E-state index in [1.165, 1.54) is 44.1 Å². The minimum Gasteiger partial charge on any atom is -0.445 e. The normalized spacial score (nSPS) is 31.5. The van der Waals surface area contributed by atoms with Crippen molar-refractivity contribution in [3.63, 3.8) is 0 Å². The van der Waals surface area contributed by atoms with Crippen molar-refractivity contribution >= 4 is 17.7 Å². The smallest absolute Gasteiger partial charge is 0.410 e. The molecule has 1 atom stereocenters. The van der Waals surface area contributed by atoms with Gasteiger partial charge in [-0.3, -0.25) is 9.69 Å². The molecule has 2 aromatic carbocycles. The average Bonchev–Trinajstić information content (AvgIpc) is 3.33. The number of carbonyl (C=O) groups is 2. The number of benzene rings is 2. The van der Waals surface area contributed by atoms with Crippen molar-refractivity contribution in [3.05, 3.63) is 65.7 Å². The molecule has 1 aliphatic heterocycles. The number of anilines is 1. The summed E-state index contributed by atoms with van der Waals surface area (Å²) in [6.07, 6.45) is 9.41. The number of rotatable bonds is 5. The zero-order chi connectivity index (χ0) is 23.1. The molecule has 5 aliphatic rings. The van der Waals surface area contributed by atoms with Crippen LogP contribution in [0.5, 0.6) is 0 Å². The maximum Gasteiger partial charge on any atom is 0.410 e. The van der Waals surface area contributed by atoms with E-state index < -0.39 is 12.1 Å². The van der Waals surface area contributed by atoms with Gasteiger partial charge in [0.1, 0.15) is 12.6 Å². The summed E-state index contributed by atoms with van der Waals surface area (Å²) in [4.78, 5) is 27.3. The number of amides is 2. The molecule has 5 nitrogen and oxygen atoms in total. The second-order valence-corrected chi connectivity index (χ2v) is 11.2. The summed E-state index contributed by atoms with van der Waals surface area (Å²) in [6.45, 7) is 0.771. The van der Waals surface area contributed by atoms with Gasteiger partial charge in [-0.1, -0.05) is 42.5 Å². The fourth-order valence-electron chi connectivity index (χ4n) is 7.66. The molecule has 0 spiro atoms. The van der Waals surface area contributed by atoms with Gasteiger partial charge in [0.2, 0.25) is 5.91 Å². The monoisotopic (exact) mass is 458 g/mol. The maximum absolute atomic E-state index is 13.0. The Hall–Kier alpha value is -2.82. The highest BCUT2D eigenvalue weighted by molar-refractivity contribution is 5.96. The van der Waals surface area contributed by atoms with Gasteiger partial charge < -0.3 is 10.1 Å². The first kappa shape index (κ1) is 21.7. The lowest BCUT2D eigenvalue weighted by Crippen LogP contribution is -2.48. The summed E-state index contributed by atoms with van der Waals surface area (Å²) in [5.41, 5.74) is 3.57. The number of likely N-dealkylation sites (tertiary alicyclic amines) is 1. The van der Waals surface area contributed by atoms with E-state index >= 15 is 0 Å². The van der Waals surface area contributed by atoms with Crippen LogP contribution in [0.25, 0.3) is 0 Å². The van der Waals surface area contributed by atoms with Gasteiger partial charge in [0, 0.05) is 12.2 Å². The van der Waals surface area contributed by atoms with E-state index in [0.29, 0.717) is 18.4 Å². The van der Waals surface area contributed by atoms with E-state index in [2.05, 4.69) is 29.6 Å². The topological polar surface area (TPSA) is 58.6 Å². The van der Waals surface area contributed by atoms with E-state index in [0.717, 1.165) is 35.4 Å². The fraction of sp³-hybridized carbons (Fsp3) is 0.517. The zero-order valence-corrected chi connectivity index (χ0v) is 19.7. The second kappa shape index (κ2) is 8.75. The first-order valence-electron chi connectivity index (χ1n) is 13.0. The Kier molecular flexibility index (Phi) is 5.59. The predicted molar refractivity (Wildman–Crippen MR) is 131 cm³/mol. The van der Waals surface area contributed by atoms with Gasteiger partial charge in [0.15, 0.2) is 0 Å². The highest BCUT2D eigenvalue weighted by atomic mass is 16.6. The molecule has 7 rings (SSSR count). The van der Waals surface area contributed by atoms with Crippen molar-refractivity contribution in [2.75, 3.05) is 11.9 Å². The molecule has 4 bridgehead atoms. The Morgan fingerprint density at radius 2 is 1.56 bits per heavy atom. The number of hydrogen-bond acceptors (Lipinski definition) is 3. The molecular weight excluding hydrogens is 424 g/mol. The van der Waals surface area contributed by atoms with E-state index in [1.54, 1.807) is 4.90 Å². The Morgan fingerprint density at radius 1 is 0.912 bits per heavy atom. The number of carbonyl (C=O) groups excluding carboxylic acids is 2. The summed E-state index contributed by atoms with van der Waals surface area (Å²) < 4.78 is 5.48. The van der Waals surface area contributed by atoms with Gasteiger partial charge in [0.05, 0.1) is 0 Å². The van der Waals surface area contributed by atoms with Crippen LogP contribution in [-0.4, -0.2) is 29.5 Å². The Balaban J connectivity index is 1.08. The molecule has 4 aliphatic carbocycles. The summed E-state index contributed by atoms with van der Waals surface area (Å²) in [6, 6.07) is 17.7. The largest absolute Gasteiger partial charge is 0.445 e. The first-order valence-corrected chi connectivity index (χ1v) is 13.0. The molecule has 0 aromatic heterocycles. The van der Waals surface area contributed by atoms with Gasteiger partial charge >= 0.3 is 6.09 Å². The minimum absolute atomic E-state index is 0.128. The first-order chi connectivity index (χ1) is 16.6. The zero-order valence-electron chi connectivity index (χ0n) is 19.7. The van der Waals surface area contributed by atoms with Gasteiger partial charge in [-0.2, -0.15) is 0 Å². The maximum atomic E-state index is 13.0. The molecule has 2 amide bonds. The van der Waals surface area contributed by atoms with Crippen molar-refractivity contribution in [1.29, 1.82) is 0 Å². The van der Waals surface area contributed by atoms with Crippen molar-refractivity contribution in [2.24, 2.45) is 17.8 Å². The van der Waals surface area contributed by atoms with Crippen LogP contribution in [0, 0.1) is 17.8 Å². The summed E-state index contributed by atoms with van der Waals surface area (Å²) in [5.74, 6) is 2.62. The number of nitrogens with zero attached hydrogens (tertiary/aromatic N) is 1. The highest BCUT2D eigenvalue weighted by Crippen LogP contribution is 2.60. The SMILES string of the molecule is O=C(Nc1ccc(C23CC4CC(CC(C4)C2)C3)cc1)[C@H]1CCCN1C(=O)OCc1ccccc1. The molecule has 0 radical (unpaired) electrons. The summed E-state index contributed by atoms with van der Waals surface area (Å²) in [7, 11) is 0. The van der Waals surface area contributed by atoms with Crippen LogP contribution in [0.1, 0.15) is 62.5 Å². The van der Waals surface area contributed by atoms with Gasteiger partial charge in [-0.25, -0.2) is 4.79 Å². The molecule has 5 fully saturated rings. The molecule has 2 aromatic rings. The molecule has 178 valence electrons. The third kappa shape index (κ3) is 4.10. The molecule has 1 N–H and O–H groups in total. The lowest BCUT2D eigenvalue weighted by atomic mass is 9.48. The lowest BCUT2D eigenvalue weighted by molar-refractivity contribution is -0.120. The van der Waals surface area contributed by atoms with E-state index in [-0.39, 0.29) is 12.5 Å². The number of hydrogen-bond donors (Lipinski definition) is 1. The van der Waals surface area contributed by atoms with Crippen LogP contribution in [0.4, 0.5) is 10.5 Å². The van der Waals surface area contributed by atoms with E-state index in [9.17, 15) is 9.59 Å². The van der Waals surface area contributed by atoms with Gasteiger partial charge in [0.25, 0.3) is 0 Å². The standard InChI is InChI=1S/C29H34N2O3/c32-27(26-7-4-12-31(26)28(33)34-19-20-5-2-1-3-6-20)30-25-10-8-24(9-11-25)29-16-21-13-22(17-29)15-23(14-21)18-29/h1-3,5-6,8-11,21-23,26H,4,7,12-19H2,(H,30,32)/t21?,22?,23?,26-,29?/m1/s1. The van der Waals surface area contributed by atoms with Crippen LogP contribution in [0.3, 0.4) is 0 Å². The minimum atomic E-state index is -0.480. The van der Waals surface area contributed by atoms with Crippen LogP contribution >= 0.6 is 0 Å². The van der Waals surface area contributed by atoms with E-state index in [4.69, 9.17) is 4.74 Å². The molecule has 1 saturated heterocycles. The summed E-state index contributed by atoms with van der Waals surface area (Å²) in [5, 5.41) is 3.06. The van der Waals surface area contributed by atoms with Gasteiger partial charge in [-0.15, -0.1) is 0 Å². The van der Waals surface area contributed by atoms with E-state index in [1.807, 2.05) is 30.3 Å². The Bertz CT molecular complexity index is 1010.